The summed E-state index contributed by atoms with van der Waals surface area (Å²) in [5.41, 5.74) is 1.35. The lowest BCUT2D eigenvalue weighted by Crippen LogP contribution is -2.29. The first-order valence-corrected chi connectivity index (χ1v) is 6.93. The minimum absolute atomic E-state index is 0.753. The molecule has 0 bridgehead atoms. The second-order valence-corrected chi connectivity index (χ2v) is 5.46. The second-order valence-electron chi connectivity index (χ2n) is 5.46. The molecule has 2 fully saturated rings. The van der Waals surface area contributed by atoms with Gasteiger partial charge in [0.1, 0.15) is 5.82 Å². The van der Waals surface area contributed by atoms with Gasteiger partial charge in [0.05, 0.1) is 0 Å². The third-order valence-corrected chi connectivity index (χ3v) is 4.23. The highest BCUT2D eigenvalue weighted by Gasteiger charge is 2.20. The van der Waals surface area contributed by atoms with E-state index in [0.717, 1.165) is 37.2 Å². The molecule has 0 spiro atoms. The summed E-state index contributed by atoms with van der Waals surface area (Å²) in [6.45, 7) is 2.32. The third kappa shape index (κ3) is 2.65. The molecule has 3 nitrogen and oxygen atoms in total. The average molecular weight is 231 g/mol. The molecule has 92 valence electrons. The molecule has 2 heterocycles. The largest absolute Gasteiger partial charge is 0.317 e. The van der Waals surface area contributed by atoms with E-state index in [4.69, 9.17) is 0 Å². The number of hydrogen-bond donors (Lipinski definition) is 1. The molecule has 1 aromatic rings. The molecule has 1 aliphatic carbocycles. The Balaban J connectivity index is 1.59. The molecule has 1 N–H and O–H groups in total. The molecule has 1 saturated heterocycles. The van der Waals surface area contributed by atoms with E-state index in [1.165, 1.54) is 37.7 Å². The summed E-state index contributed by atoms with van der Waals surface area (Å²) in [4.78, 5) is 9.09. The smallest absolute Gasteiger partial charge is 0.128 e. The highest BCUT2D eigenvalue weighted by Crippen LogP contribution is 2.35. The number of nitrogens with one attached hydrogen (secondary N) is 1. The number of aromatic nitrogens is 2. The topological polar surface area (TPSA) is 37.8 Å². The highest BCUT2D eigenvalue weighted by atomic mass is 14.9. The van der Waals surface area contributed by atoms with Crippen LogP contribution in [-0.4, -0.2) is 23.1 Å². The zero-order valence-electron chi connectivity index (χ0n) is 10.4. The Kier molecular flexibility index (Phi) is 3.36. The highest BCUT2D eigenvalue weighted by molar-refractivity contribution is 5.14. The van der Waals surface area contributed by atoms with Gasteiger partial charge >= 0.3 is 0 Å². The average Bonchev–Trinajstić information content (AvgIpc) is 2.31. The fourth-order valence-corrected chi connectivity index (χ4v) is 2.77. The van der Waals surface area contributed by atoms with E-state index in [9.17, 15) is 0 Å². The van der Waals surface area contributed by atoms with E-state index in [2.05, 4.69) is 27.7 Å². The Hall–Kier alpha value is -0.960. The predicted molar refractivity (Wildman–Crippen MR) is 67.9 cm³/mol. The summed E-state index contributed by atoms with van der Waals surface area (Å²) >= 11 is 0. The van der Waals surface area contributed by atoms with Crippen LogP contribution in [0.2, 0.25) is 0 Å². The molecule has 17 heavy (non-hydrogen) atoms. The first-order chi connectivity index (χ1) is 8.42. The Morgan fingerprint density at radius 2 is 1.76 bits per heavy atom. The Labute approximate surface area is 103 Å². The standard InChI is InChI=1S/C14H21N3/c1-2-12(3-1)13-9-16-14(17-10-13)8-11-4-6-15-7-5-11/h9-12,15H,1-8H2. The Morgan fingerprint density at radius 1 is 1.06 bits per heavy atom. The lowest BCUT2D eigenvalue weighted by Gasteiger charge is -2.25. The van der Waals surface area contributed by atoms with Crippen molar-refractivity contribution in [1.29, 1.82) is 0 Å². The van der Waals surface area contributed by atoms with E-state index in [0.29, 0.717) is 0 Å². The van der Waals surface area contributed by atoms with Crippen molar-refractivity contribution in [3.63, 3.8) is 0 Å². The van der Waals surface area contributed by atoms with E-state index in [-0.39, 0.29) is 0 Å². The van der Waals surface area contributed by atoms with Crippen molar-refractivity contribution in [3.05, 3.63) is 23.8 Å². The number of piperidine rings is 1. The van der Waals surface area contributed by atoms with Crippen molar-refractivity contribution in [3.8, 4) is 0 Å². The minimum Gasteiger partial charge on any atom is -0.317 e. The van der Waals surface area contributed by atoms with E-state index in [1.807, 2.05) is 0 Å². The van der Waals surface area contributed by atoms with Crippen LogP contribution in [0.4, 0.5) is 0 Å². The predicted octanol–water partition coefficient (Wildman–Crippen LogP) is 2.29. The van der Waals surface area contributed by atoms with Gasteiger partial charge in [-0.2, -0.15) is 0 Å². The minimum atomic E-state index is 0.753. The summed E-state index contributed by atoms with van der Waals surface area (Å²) < 4.78 is 0. The van der Waals surface area contributed by atoms with Crippen LogP contribution >= 0.6 is 0 Å². The van der Waals surface area contributed by atoms with Gasteiger partial charge in [-0.1, -0.05) is 6.42 Å². The Bertz CT molecular complexity index is 350. The molecule has 1 aromatic heterocycles. The molecule has 0 amide bonds. The fourth-order valence-electron chi connectivity index (χ4n) is 2.77. The van der Waals surface area contributed by atoms with Gasteiger partial charge in [0.15, 0.2) is 0 Å². The van der Waals surface area contributed by atoms with Crippen molar-refractivity contribution in [1.82, 2.24) is 15.3 Å². The van der Waals surface area contributed by atoms with Crippen LogP contribution < -0.4 is 5.32 Å². The lowest BCUT2D eigenvalue weighted by molar-refractivity contribution is 0.366. The van der Waals surface area contributed by atoms with Crippen LogP contribution in [-0.2, 0) is 6.42 Å². The number of hydrogen-bond acceptors (Lipinski definition) is 3. The first kappa shape index (κ1) is 11.1. The van der Waals surface area contributed by atoms with E-state index < -0.39 is 0 Å². The molecule has 0 atom stereocenters. The first-order valence-electron chi connectivity index (χ1n) is 6.93. The zero-order chi connectivity index (χ0) is 11.5. The molecule has 0 radical (unpaired) electrons. The summed E-state index contributed by atoms with van der Waals surface area (Å²) in [5.74, 6) is 2.58. The number of rotatable bonds is 3. The quantitative estimate of drug-likeness (QED) is 0.867. The lowest BCUT2D eigenvalue weighted by atomic mass is 9.81. The van der Waals surface area contributed by atoms with Gasteiger partial charge < -0.3 is 5.32 Å². The summed E-state index contributed by atoms with van der Waals surface area (Å²) in [7, 11) is 0. The maximum absolute atomic E-state index is 4.54. The van der Waals surface area contributed by atoms with Crippen molar-refractivity contribution in [2.24, 2.45) is 5.92 Å². The summed E-state index contributed by atoms with van der Waals surface area (Å²) in [5, 5.41) is 3.40. The van der Waals surface area contributed by atoms with Gasteiger partial charge in [-0.25, -0.2) is 9.97 Å². The molecule has 1 saturated carbocycles. The normalized spacial score (nSPS) is 22.4. The van der Waals surface area contributed by atoms with Gasteiger partial charge in [-0.15, -0.1) is 0 Å². The SMILES string of the molecule is c1nc(CC2CCNCC2)ncc1C1CCC1. The van der Waals surface area contributed by atoms with Crippen LogP contribution in [0.5, 0.6) is 0 Å². The van der Waals surface area contributed by atoms with Crippen LogP contribution in [0.25, 0.3) is 0 Å². The van der Waals surface area contributed by atoms with E-state index >= 15 is 0 Å². The summed E-state index contributed by atoms with van der Waals surface area (Å²) in [6.07, 6.45) is 11.8. The summed E-state index contributed by atoms with van der Waals surface area (Å²) in [6, 6.07) is 0. The van der Waals surface area contributed by atoms with Crippen molar-refractivity contribution in [2.45, 2.75) is 44.4 Å². The second kappa shape index (κ2) is 5.13. The molecule has 2 aliphatic rings. The molecule has 3 heteroatoms. The van der Waals surface area contributed by atoms with Gasteiger partial charge in [0, 0.05) is 18.8 Å². The molecular weight excluding hydrogens is 210 g/mol. The van der Waals surface area contributed by atoms with Gasteiger partial charge in [0.2, 0.25) is 0 Å². The van der Waals surface area contributed by atoms with Crippen molar-refractivity contribution >= 4 is 0 Å². The number of nitrogens with zero attached hydrogens (tertiary/aromatic N) is 2. The maximum atomic E-state index is 4.54. The van der Waals surface area contributed by atoms with Gasteiger partial charge in [-0.3, -0.25) is 0 Å². The molecule has 3 rings (SSSR count). The molecule has 1 aliphatic heterocycles. The molecule has 0 unspecified atom stereocenters. The van der Waals surface area contributed by atoms with Crippen LogP contribution in [0.3, 0.4) is 0 Å². The maximum Gasteiger partial charge on any atom is 0.128 e. The monoisotopic (exact) mass is 231 g/mol. The Morgan fingerprint density at radius 3 is 2.35 bits per heavy atom. The molecular formula is C14H21N3. The van der Waals surface area contributed by atoms with Gasteiger partial charge in [-0.05, 0) is 56.2 Å². The van der Waals surface area contributed by atoms with Crippen LogP contribution in [0, 0.1) is 5.92 Å². The van der Waals surface area contributed by atoms with Crippen LogP contribution in [0.15, 0.2) is 12.4 Å². The molecule has 0 aromatic carbocycles. The zero-order valence-corrected chi connectivity index (χ0v) is 10.4. The van der Waals surface area contributed by atoms with Crippen molar-refractivity contribution in [2.75, 3.05) is 13.1 Å². The van der Waals surface area contributed by atoms with E-state index in [1.54, 1.807) is 0 Å². The third-order valence-electron chi connectivity index (χ3n) is 4.23. The van der Waals surface area contributed by atoms with Gasteiger partial charge in [0.25, 0.3) is 0 Å². The van der Waals surface area contributed by atoms with Crippen LogP contribution in [0.1, 0.15) is 49.4 Å². The fraction of sp³-hybridized carbons (Fsp3) is 0.714. The van der Waals surface area contributed by atoms with Crippen molar-refractivity contribution < 1.29 is 0 Å².